The van der Waals surface area contributed by atoms with Gasteiger partial charge in [0, 0.05) is 49.6 Å². The molecule has 1 saturated carbocycles. The molecule has 3 aliphatic rings. The van der Waals surface area contributed by atoms with E-state index in [-0.39, 0.29) is 33.7 Å². The Labute approximate surface area is 289 Å². The van der Waals surface area contributed by atoms with E-state index in [1.54, 1.807) is 24.3 Å². The Morgan fingerprint density at radius 3 is 2.12 bits per heavy atom. The summed E-state index contributed by atoms with van der Waals surface area (Å²) >= 11 is 0. The molecular formula is C40H42N4O4S. The molecule has 8 nitrogen and oxygen atoms in total. The highest BCUT2D eigenvalue weighted by atomic mass is 32.2. The number of pyridine rings is 1. The number of rotatable bonds is 10. The van der Waals surface area contributed by atoms with E-state index in [0.29, 0.717) is 11.5 Å². The van der Waals surface area contributed by atoms with Crippen LogP contribution in [0.1, 0.15) is 48.0 Å². The highest BCUT2D eigenvalue weighted by Gasteiger charge is 2.53. The maximum atomic E-state index is 13.1. The summed E-state index contributed by atoms with van der Waals surface area (Å²) in [6, 6.07) is 32.4. The van der Waals surface area contributed by atoms with Crippen molar-refractivity contribution < 1.29 is 17.9 Å². The minimum absolute atomic E-state index is 0.0598. The fourth-order valence-corrected chi connectivity index (χ4v) is 9.64. The molecule has 0 radical (unpaired) electrons. The number of sulfone groups is 1. The molecule has 3 aromatic carbocycles. The minimum Gasteiger partial charge on any atom is -0.458 e. The predicted molar refractivity (Wildman–Crippen MR) is 188 cm³/mol. The highest BCUT2D eigenvalue weighted by Crippen LogP contribution is 2.51. The van der Waals surface area contributed by atoms with Crippen LogP contribution in [0.5, 0.6) is 0 Å². The third kappa shape index (κ3) is 6.60. The molecule has 2 aliphatic heterocycles. The van der Waals surface area contributed by atoms with Crippen LogP contribution >= 0.6 is 0 Å². The van der Waals surface area contributed by atoms with Crippen molar-refractivity contribution in [2.24, 2.45) is 17.8 Å². The molecule has 9 heteroatoms. The van der Waals surface area contributed by atoms with Crippen molar-refractivity contribution in [2.75, 3.05) is 37.6 Å². The summed E-state index contributed by atoms with van der Waals surface area (Å²) in [5.41, 5.74) is 1.89. The van der Waals surface area contributed by atoms with Crippen molar-refractivity contribution in [3.05, 3.63) is 121 Å². The number of nitrogens with zero attached hydrogens (tertiary/aromatic N) is 4. The van der Waals surface area contributed by atoms with Crippen LogP contribution in [0.15, 0.2) is 119 Å². The molecule has 0 spiro atoms. The average molecular weight is 675 g/mol. The van der Waals surface area contributed by atoms with Gasteiger partial charge < -0.3 is 14.5 Å². The van der Waals surface area contributed by atoms with E-state index in [2.05, 4.69) is 33.0 Å². The molecule has 3 atom stereocenters. The molecule has 0 N–H and O–H groups in total. The molecular weight excluding hydrogens is 633 g/mol. The number of esters is 1. The topological polar surface area (TPSA) is 104 Å². The van der Waals surface area contributed by atoms with Crippen molar-refractivity contribution >= 4 is 21.5 Å². The zero-order valence-electron chi connectivity index (χ0n) is 27.6. The Hall–Kier alpha value is -4.52. The van der Waals surface area contributed by atoms with Crippen LogP contribution in [-0.4, -0.2) is 63.1 Å². The number of anilines is 1. The van der Waals surface area contributed by atoms with Crippen molar-refractivity contribution in [3.63, 3.8) is 0 Å². The number of benzene rings is 3. The van der Waals surface area contributed by atoms with Gasteiger partial charge in [-0.25, -0.2) is 13.2 Å². The van der Waals surface area contributed by atoms with Crippen LogP contribution in [0.3, 0.4) is 0 Å². The second kappa shape index (κ2) is 14.1. The fourth-order valence-electron chi connectivity index (χ4n) is 8.39. The molecule has 7 rings (SSSR count). The molecule has 252 valence electrons. The average Bonchev–Trinajstić information content (AvgIpc) is 3.60. The number of carbonyl (C=O) groups is 1. The third-order valence-electron chi connectivity index (χ3n) is 10.9. The number of carbonyl (C=O) groups excluding carboxylic acids is 1. The van der Waals surface area contributed by atoms with E-state index in [1.807, 2.05) is 48.5 Å². The maximum Gasteiger partial charge on any atom is 0.338 e. The van der Waals surface area contributed by atoms with Crippen molar-refractivity contribution in [1.29, 1.82) is 5.26 Å². The first-order valence-electron chi connectivity index (χ1n) is 17.3. The fraction of sp³-hybridized carbons (Fsp3) is 0.375. The normalized spacial score (nSPS) is 21.7. The van der Waals surface area contributed by atoms with E-state index in [9.17, 15) is 18.5 Å². The molecule has 1 aliphatic carbocycles. The summed E-state index contributed by atoms with van der Waals surface area (Å²) in [4.78, 5) is 22.4. The molecule has 0 bridgehead atoms. The van der Waals surface area contributed by atoms with Gasteiger partial charge in [0.2, 0.25) is 9.84 Å². The Morgan fingerprint density at radius 1 is 0.837 bits per heavy atom. The van der Waals surface area contributed by atoms with Crippen LogP contribution in [0.4, 0.5) is 5.69 Å². The number of hydrogen-bond donors (Lipinski definition) is 0. The summed E-state index contributed by atoms with van der Waals surface area (Å²) < 4.78 is 32.1. The number of hydrogen-bond acceptors (Lipinski definition) is 8. The van der Waals surface area contributed by atoms with E-state index in [1.165, 1.54) is 24.5 Å². The summed E-state index contributed by atoms with van der Waals surface area (Å²) in [5, 5.41) is 11.1. The number of likely N-dealkylation sites (tertiary alicyclic amines) is 1. The number of piperidine rings is 1. The monoisotopic (exact) mass is 674 g/mol. The predicted octanol–water partition coefficient (Wildman–Crippen LogP) is 6.55. The SMILES string of the molecule is N#CC(c1ccccc1)(C1CCN(CC2CN(c3ccc(S(=O)(=O)c4ccncc4)cc3)C2)CC1)[C@@H]1CCC[C@H]1OC(=O)c1ccccc1. The number of aromatic nitrogens is 1. The Bertz CT molecular complexity index is 1870. The van der Waals surface area contributed by atoms with Crippen LogP contribution in [0.25, 0.3) is 0 Å². The lowest BCUT2D eigenvalue weighted by Gasteiger charge is -2.48. The summed E-state index contributed by atoms with van der Waals surface area (Å²) in [6.45, 7) is 4.72. The van der Waals surface area contributed by atoms with Crippen molar-refractivity contribution in [1.82, 2.24) is 9.88 Å². The molecule has 0 amide bonds. The van der Waals surface area contributed by atoms with Gasteiger partial charge >= 0.3 is 5.97 Å². The number of ether oxygens (including phenoxy) is 1. The Balaban J connectivity index is 0.979. The summed E-state index contributed by atoms with van der Waals surface area (Å²) in [6.07, 6.45) is 7.10. The van der Waals surface area contributed by atoms with Gasteiger partial charge in [-0.05, 0) is 105 Å². The van der Waals surface area contributed by atoms with E-state index < -0.39 is 15.3 Å². The lowest BCUT2D eigenvalue weighted by molar-refractivity contribution is 0.00168. The second-order valence-corrected chi connectivity index (χ2v) is 15.7. The first-order valence-corrected chi connectivity index (χ1v) is 18.8. The van der Waals surface area contributed by atoms with E-state index >= 15 is 0 Å². The van der Waals surface area contributed by atoms with Gasteiger partial charge in [-0.1, -0.05) is 48.5 Å². The number of nitriles is 1. The quantitative estimate of drug-likeness (QED) is 0.175. The first-order chi connectivity index (χ1) is 23.9. The molecule has 3 heterocycles. The Morgan fingerprint density at radius 2 is 1.47 bits per heavy atom. The molecule has 4 aromatic rings. The standard InChI is InChI=1S/C40H42N4O4S/c41-29-40(32-10-5-2-6-11-32,37-12-7-13-38(37)48-39(45)31-8-3-1-4-9-31)33-20-24-43(25-21-33)26-30-27-44(28-30)34-14-16-35(17-15-34)49(46,47)36-18-22-42-23-19-36/h1-6,8-11,14-19,22-23,30,33,37-38H,7,12-13,20-21,24-28H2/t37-,38-,40?/m1/s1. The zero-order chi connectivity index (χ0) is 33.8. The highest BCUT2D eigenvalue weighted by molar-refractivity contribution is 7.91. The van der Waals surface area contributed by atoms with E-state index in [4.69, 9.17) is 4.74 Å². The van der Waals surface area contributed by atoms with Gasteiger partial charge in [-0.3, -0.25) is 4.98 Å². The summed E-state index contributed by atoms with van der Waals surface area (Å²) in [7, 11) is -3.57. The van der Waals surface area contributed by atoms with Gasteiger partial charge in [-0.2, -0.15) is 5.26 Å². The van der Waals surface area contributed by atoms with Crippen LogP contribution in [-0.2, 0) is 20.0 Å². The van der Waals surface area contributed by atoms with Gasteiger partial charge in [0.1, 0.15) is 6.10 Å². The van der Waals surface area contributed by atoms with Crippen molar-refractivity contribution in [2.45, 2.75) is 53.4 Å². The molecule has 3 fully saturated rings. The molecule has 49 heavy (non-hydrogen) atoms. The van der Waals surface area contributed by atoms with Gasteiger partial charge in [0.15, 0.2) is 0 Å². The molecule has 1 aromatic heterocycles. The minimum atomic E-state index is -3.57. The van der Waals surface area contributed by atoms with Crippen LogP contribution in [0.2, 0.25) is 0 Å². The largest absolute Gasteiger partial charge is 0.458 e. The maximum absolute atomic E-state index is 13.1. The van der Waals surface area contributed by atoms with Gasteiger partial charge in [0.05, 0.1) is 26.8 Å². The summed E-state index contributed by atoms with van der Waals surface area (Å²) in [5.74, 6) is 0.323. The van der Waals surface area contributed by atoms with E-state index in [0.717, 1.165) is 76.1 Å². The zero-order valence-corrected chi connectivity index (χ0v) is 28.4. The molecule has 1 unspecified atom stereocenters. The van der Waals surface area contributed by atoms with Gasteiger partial charge in [0.25, 0.3) is 0 Å². The Kier molecular flexibility index (Phi) is 9.53. The van der Waals surface area contributed by atoms with Crippen molar-refractivity contribution in [3.8, 4) is 6.07 Å². The lowest BCUT2D eigenvalue weighted by Crippen LogP contribution is -2.54. The second-order valence-electron chi connectivity index (χ2n) is 13.7. The lowest BCUT2D eigenvalue weighted by atomic mass is 9.59. The third-order valence-corrected chi connectivity index (χ3v) is 12.7. The first kappa shape index (κ1) is 33.0. The van der Waals surface area contributed by atoms with Crippen LogP contribution in [0, 0.1) is 29.1 Å². The molecule has 2 saturated heterocycles. The smallest absolute Gasteiger partial charge is 0.338 e. The van der Waals surface area contributed by atoms with Gasteiger partial charge in [-0.15, -0.1) is 0 Å². The van der Waals surface area contributed by atoms with Crippen LogP contribution < -0.4 is 4.90 Å².